The highest BCUT2D eigenvalue weighted by Crippen LogP contribution is 2.30. The quantitative estimate of drug-likeness (QED) is 0.832. The second-order valence-corrected chi connectivity index (χ2v) is 7.10. The molecule has 0 N–H and O–H groups in total. The Morgan fingerprint density at radius 3 is 2.72 bits per heavy atom. The zero-order valence-electron chi connectivity index (χ0n) is 14.7. The van der Waals surface area contributed by atoms with Crippen LogP contribution in [0.4, 0.5) is 5.82 Å². The third kappa shape index (κ3) is 3.98. The lowest BCUT2D eigenvalue weighted by molar-refractivity contribution is 0.193. The van der Waals surface area contributed by atoms with Gasteiger partial charge in [-0.15, -0.1) is 0 Å². The molecule has 132 valence electrons. The monoisotopic (exact) mass is 338 g/mol. The Balaban J connectivity index is 1.61. The fraction of sp³-hybridized carbons (Fsp3) is 0.550. The summed E-state index contributed by atoms with van der Waals surface area (Å²) >= 11 is 0. The second kappa shape index (κ2) is 7.91. The van der Waals surface area contributed by atoms with E-state index in [-0.39, 0.29) is 0 Å². The van der Waals surface area contributed by atoms with Crippen molar-refractivity contribution in [1.82, 2.24) is 15.0 Å². The summed E-state index contributed by atoms with van der Waals surface area (Å²) in [5.41, 5.74) is 2.21. The highest BCUT2D eigenvalue weighted by Gasteiger charge is 2.25. The molecule has 2 aromatic rings. The van der Waals surface area contributed by atoms with E-state index >= 15 is 0 Å². The lowest BCUT2D eigenvalue weighted by Gasteiger charge is -2.35. The van der Waals surface area contributed by atoms with Gasteiger partial charge in [0.25, 0.3) is 0 Å². The minimum atomic E-state index is 0.407. The largest absolute Gasteiger partial charge is 0.381 e. The molecule has 25 heavy (non-hydrogen) atoms. The number of aromatic nitrogens is 3. The molecular formula is C20H26N4O. The van der Waals surface area contributed by atoms with Crippen LogP contribution in [0, 0.1) is 0 Å². The van der Waals surface area contributed by atoms with Gasteiger partial charge in [0.1, 0.15) is 12.1 Å². The SMILES string of the molecule is c1ccc(CN(c2cc([C@H]3CCOC3)ncn2)C2CCCCC2)nc1. The average Bonchev–Trinajstić information content (AvgIpc) is 3.23. The molecule has 2 aliphatic rings. The first-order valence-corrected chi connectivity index (χ1v) is 9.46. The van der Waals surface area contributed by atoms with Gasteiger partial charge >= 0.3 is 0 Å². The van der Waals surface area contributed by atoms with Crippen LogP contribution in [0.2, 0.25) is 0 Å². The van der Waals surface area contributed by atoms with Crippen LogP contribution in [-0.4, -0.2) is 34.2 Å². The van der Waals surface area contributed by atoms with E-state index in [1.165, 1.54) is 32.1 Å². The van der Waals surface area contributed by atoms with Gasteiger partial charge in [0.2, 0.25) is 0 Å². The molecule has 2 fully saturated rings. The van der Waals surface area contributed by atoms with E-state index in [0.29, 0.717) is 12.0 Å². The highest BCUT2D eigenvalue weighted by molar-refractivity contribution is 5.42. The maximum Gasteiger partial charge on any atom is 0.132 e. The van der Waals surface area contributed by atoms with Gasteiger partial charge in [0.05, 0.1) is 24.5 Å². The minimum absolute atomic E-state index is 0.407. The number of anilines is 1. The smallest absolute Gasteiger partial charge is 0.132 e. The average molecular weight is 338 g/mol. The van der Waals surface area contributed by atoms with Crippen LogP contribution in [0.15, 0.2) is 36.8 Å². The van der Waals surface area contributed by atoms with Gasteiger partial charge in [-0.25, -0.2) is 9.97 Å². The zero-order chi connectivity index (χ0) is 16.9. The van der Waals surface area contributed by atoms with Crippen molar-refractivity contribution in [2.45, 2.75) is 57.0 Å². The van der Waals surface area contributed by atoms with Crippen molar-refractivity contribution < 1.29 is 4.74 Å². The summed E-state index contributed by atoms with van der Waals surface area (Å²) < 4.78 is 5.54. The Labute approximate surface area is 149 Å². The summed E-state index contributed by atoms with van der Waals surface area (Å²) in [6, 6.07) is 8.85. The Morgan fingerprint density at radius 1 is 1.04 bits per heavy atom. The molecular weight excluding hydrogens is 312 g/mol. The Bertz CT molecular complexity index is 666. The normalized spacial score (nSPS) is 21.4. The van der Waals surface area contributed by atoms with E-state index in [9.17, 15) is 0 Å². The molecule has 1 saturated heterocycles. The van der Waals surface area contributed by atoms with Gasteiger partial charge in [-0.2, -0.15) is 0 Å². The van der Waals surface area contributed by atoms with Crippen LogP contribution in [-0.2, 0) is 11.3 Å². The zero-order valence-corrected chi connectivity index (χ0v) is 14.7. The molecule has 4 rings (SSSR count). The maximum atomic E-state index is 5.54. The molecule has 0 radical (unpaired) electrons. The van der Waals surface area contributed by atoms with Crippen LogP contribution in [0.3, 0.4) is 0 Å². The molecule has 1 aliphatic heterocycles. The summed E-state index contributed by atoms with van der Waals surface area (Å²) in [4.78, 5) is 16.1. The number of ether oxygens (including phenoxy) is 1. The van der Waals surface area contributed by atoms with Crippen molar-refractivity contribution in [3.63, 3.8) is 0 Å². The van der Waals surface area contributed by atoms with Crippen molar-refractivity contribution in [3.05, 3.63) is 48.2 Å². The summed E-state index contributed by atoms with van der Waals surface area (Å²) in [6.07, 6.45) is 11.1. The standard InChI is InChI=1S/C20H26N4O/c1-2-7-18(8-3-1)24(13-17-6-4-5-10-21-17)20-12-19(22-15-23-20)16-9-11-25-14-16/h4-6,10,12,15-16,18H,1-3,7-9,11,13-14H2/t16-/m0/s1. The van der Waals surface area contributed by atoms with E-state index in [0.717, 1.165) is 43.4 Å². The van der Waals surface area contributed by atoms with Crippen molar-refractivity contribution in [2.75, 3.05) is 18.1 Å². The summed E-state index contributed by atoms with van der Waals surface area (Å²) in [6.45, 7) is 2.42. The molecule has 1 aliphatic carbocycles. The van der Waals surface area contributed by atoms with Crippen LogP contribution < -0.4 is 4.90 Å². The van der Waals surface area contributed by atoms with Gasteiger partial charge < -0.3 is 9.64 Å². The summed E-state index contributed by atoms with van der Waals surface area (Å²) in [5.74, 6) is 1.44. The minimum Gasteiger partial charge on any atom is -0.381 e. The molecule has 2 aromatic heterocycles. The second-order valence-electron chi connectivity index (χ2n) is 7.10. The molecule has 0 spiro atoms. The summed E-state index contributed by atoms with van der Waals surface area (Å²) in [7, 11) is 0. The van der Waals surface area contributed by atoms with Crippen LogP contribution in [0.1, 0.15) is 55.8 Å². The molecule has 0 amide bonds. The van der Waals surface area contributed by atoms with Gasteiger partial charge in [-0.1, -0.05) is 25.3 Å². The van der Waals surface area contributed by atoms with E-state index in [1.54, 1.807) is 6.33 Å². The van der Waals surface area contributed by atoms with Gasteiger partial charge in [-0.05, 0) is 31.4 Å². The molecule has 0 aromatic carbocycles. The molecule has 5 heteroatoms. The molecule has 5 nitrogen and oxygen atoms in total. The first-order chi connectivity index (χ1) is 12.4. The van der Waals surface area contributed by atoms with E-state index in [4.69, 9.17) is 4.74 Å². The fourth-order valence-corrected chi connectivity index (χ4v) is 3.97. The van der Waals surface area contributed by atoms with E-state index in [1.807, 2.05) is 12.3 Å². The predicted molar refractivity (Wildman–Crippen MR) is 97.5 cm³/mol. The topological polar surface area (TPSA) is 51.1 Å². The van der Waals surface area contributed by atoms with Crippen molar-refractivity contribution in [3.8, 4) is 0 Å². The van der Waals surface area contributed by atoms with E-state index in [2.05, 4.69) is 38.1 Å². The summed E-state index contributed by atoms with van der Waals surface area (Å²) in [5, 5.41) is 0. The van der Waals surface area contributed by atoms with Crippen molar-refractivity contribution in [2.24, 2.45) is 0 Å². The molecule has 1 atom stereocenters. The number of pyridine rings is 1. The van der Waals surface area contributed by atoms with Gasteiger partial charge in [0.15, 0.2) is 0 Å². The molecule has 1 saturated carbocycles. The van der Waals surface area contributed by atoms with Gasteiger partial charge in [-0.3, -0.25) is 4.98 Å². The predicted octanol–water partition coefficient (Wildman–Crippen LogP) is 3.71. The van der Waals surface area contributed by atoms with Crippen LogP contribution in [0.5, 0.6) is 0 Å². The third-order valence-corrected chi connectivity index (χ3v) is 5.39. The van der Waals surface area contributed by atoms with Crippen LogP contribution in [0.25, 0.3) is 0 Å². The Morgan fingerprint density at radius 2 is 1.96 bits per heavy atom. The first-order valence-electron chi connectivity index (χ1n) is 9.46. The van der Waals surface area contributed by atoms with Crippen molar-refractivity contribution >= 4 is 5.82 Å². The third-order valence-electron chi connectivity index (χ3n) is 5.39. The first kappa shape index (κ1) is 16.5. The van der Waals surface area contributed by atoms with Gasteiger partial charge in [0, 0.05) is 30.8 Å². The molecule has 0 bridgehead atoms. The molecule has 3 heterocycles. The molecule has 0 unspecified atom stereocenters. The Hall–Kier alpha value is -2.01. The highest BCUT2D eigenvalue weighted by atomic mass is 16.5. The van der Waals surface area contributed by atoms with Crippen molar-refractivity contribution in [1.29, 1.82) is 0 Å². The number of nitrogens with zero attached hydrogens (tertiary/aromatic N) is 4. The lowest BCUT2D eigenvalue weighted by Crippen LogP contribution is -2.37. The maximum absolute atomic E-state index is 5.54. The lowest BCUT2D eigenvalue weighted by atomic mass is 9.94. The van der Waals surface area contributed by atoms with E-state index < -0.39 is 0 Å². The van der Waals surface area contributed by atoms with Crippen LogP contribution >= 0.6 is 0 Å². The number of hydrogen-bond acceptors (Lipinski definition) is 5. The Kier molecular flexibility index (Phi) is 5.21. The number of rotatable bonds is 5. The number of hydrogen-bond donors (Lipinski definition) is 0. The fourth-order valence-electron chi connectivity index (χ4n) is 3.97.